The maximum Gasteiger partial charge on any atom is 0.251 e. The summed E-state index contributed by atoms with van der Waals surface area (Å²) in [4.78, 5) is 19.8. The molecule has 2 heterocycles. The van der Waals surface area contributed by atoms with Crippen molar-refractivity contribution in [3.05, 3.63) is 102 Å². The Balaban J connectivity index is 1.66. The van der Waals surface area contributed by atoms with Crippen LogP contribution in [0.2, 0.25) is 0 Å². The number of aryl methyl sites for hydroxylation is 1. The van der Waals surface area contributed by atoms with Crippen molar-refractivity contribution in [3.63, 3.8) is 0 Å². The highest BCUT2D eigenvalue weighted by Gasteiger charge is 2.19. The number of amides is 1. The van der Waals surface area contributed by atoms with Gasteiger partial charge in [0.15, 0.2) is 0 Å². The molecule has 0 aliphatic rings. The number of hydrogen-bond acceptors (Lipinski definition) is 2. The molecule has 2 aromatic heterocycles. The fourth-order valence-corrected chi connectivity index (χ4v) is 3.39. The molecule has 1 amide bonds. The summed E-state index contributed by atoms with van der Waals surface area (Å²) in [6.07, 6.45) is 5.31. The van der Waals surface area contributed by atoms with Gasteiger partial charge in [0.2, 0.25) is 0 Å². The molecule has 0 aliphatic heterocycles. The van der Waals surface area contributed by atoms with Gasteiger partial charge >= 0.3 is 0 Å². The van der Waals surface area contributed by atoms with Gasteiger partial charge in [-0.05, 0) is 36.2 Å². The lowest BCUT2D eigenvalue weighted by atomic mass is 9.90. The van der Waals surface area contributed by atoms with Crippen molar-refractivity contribution >= 4 is 16.8 Å². The predicted octanol–water partition coefficient (Wildman–Crippen LogP) is 4.43. The molecule has 4 nitrogen and oxygen atoms in total. The summed E-state index contributed by atoms with van der Waals surface area (Å²) in [7, 11) is 0. The molecule has 0 spiro atoms. The van der Waals surface area contributed by atoms with E-state index in [0.717, 1.165) is 5.52 Å². The minimum absolute atomic E-state index is 0.0625. The van der Waals surface area contributed by atoms with Crippen LogP contribution in [0, 0.1) is 6.92 Å². The third-order valence-corrected chi connectivity index (χ3v) is 4.89. The number of aromatic nitrogens is 2. The molecule has 1 unspecified atom stereocenters. The topological polar surface area (TPSA) is 57.8 Å². The van der Waals surface area contributed by atoms with Crippen LogP contribution in [0.3, 0.4) is 0 Å². The number of carbonyl (C=O) groups excluding carboxylic acids is 1. The standard InChI is InChI=1S/C23H21N3O/c1-16-6-8-17(9-7-16)20(14-26-23(27)18-10-12-24-13-11-18)21-15-25-22-5-3-2-4-19(21)22/h2-13,15,20,25H,14H2,1H3,(H,26,27). The molecule has 0 bridgehead atoms. The summed E-state index contributed by atoms with van der Waals surface area (Å²) in [5.41, 5.74) is 5.30. The Kier molecular flexibility index (Phi) is 4.71. The zero-order chi connectivity index (χ0) is 18.6. The Hall–Kier alpha value is -3.40. The van der Waals surface area contributed by atoms with E-state index in [-0.39, 0.29) is 11.8 Å². The van der Waals surface area contributed by atoms with Crippen LogP contribution < -0.4 is 5.32 Å². The summed E-state index contributed by atoms with van der Waals surface area (Å²) < 4.78 is 0. The number of rotatable bonds is 5. The lowest BCUT2D eigenvalue weighted by molar-refractivity contribution is 0.0952. The minimum Gasteiger partial charge on any atom is -0.361 e. The normalized spacial score (nSPS) is 12.0. The second kappa shape index (κ2) is 7.46. The lowest BCUT2D eigenvalue weighted by Crippen LogP contribution is -2.28. The summed E-state index contributed by atoms with van der Waals surface area (Å²) in [5.74, 6) is -0.0260. The maximum atomic E-state index is 12.5. The van der Waals surface area contributed by atoms with Crippen LogP contribution in [0.4, 0.5) is 0 Å². The molecule has 4 heteroatoms. The highest BCUT2D eigenvalue weighted by atomic mass is 16.1. The SMILES string of the molecule is Cc1ccc(C(CNC(=O)c2ccncc2)c2c[nH]c3ccccc23)cc1. The van der Waals surface area contributed by atoms with Gasteiger partial charge in [-0.1, -0.05) is 48.0 Å². The van der Waals surface area contributed by atoms with Crippen molar-refractivity contribution < 1.29 is 4.79 Å². The van der Waals surface area contributed by atoms with E-state index in [9.17, 15) is 4.79 Å². The average molecular weight is 355 g/mol. The molecule has 4 aromatic rings. The van der Waals surface area contributed by atoms with Crippen LogP contribution in [-0.4, -0.2) is 22.4 Å². The second-order valence-corrected chi connectivity index (χ2v) is 6.70. The molecule has 0 radical (unpaired) electrons. The van der Waals surface area contributed by atoms with Crippen molar-refractivity contribution in [2.45, 2.75) is 12.8 Å². The predicted molar refractivity (Wildman–Crippen MR) is 108 cm³/mol. The number of hydrogen-bond donors (Lipinski definition) is 2. The molecular formula is C23H21N3O. The first kappa shape index (κ1) is 17.0. The van der Waals surface area contributed by atoms with Crippen molar-refractivity contribution in [1.82, 2.24) is 15.3 Å². The van der Waals surface area contributed by atoms with Crippen LogP contribution in [0.15, 0.2) is 79.3 Å². The molecule has 1 atom stereocenters. The number of aromatic amines is 1. The van der Waals surface area contributed by atoms with Gasteiger partial charge in [-0.25, -0.2) is 0 Å². The van der Waals surface area contributed by atoms with Crippen molar-refractivity contribution in [1.29, 1.82) is 0 Å². The highest BCUT2D eigenvalue weighted by molar-refractivity contribution is 5.94. The van der Waals surface area contributed by atoms with Gasteiger partial charge in [-0.2, -0.15) is 0 Å². The Morgan fingerprint density at radius 3 is 2.56 bits per heavy atom. The quantitative estimate of drug-likeness (QED) is 0.556. The largest absolute Gasteiger partial charge is 0.361 e. The van der Waals surface area contributed by atoms with E-state index in [4.69, 9.17) is 0 Å². The van der Waals surface area contributed by atoms with Crippen LogP contribution in [0.25, 0.3) is 10.9 Å². The number of para-hydroxylation sites is 1. The Labute approximate surface area is 158 Å². The fraction of sp³-hybridized carbons (Fsp3) is 0.130. The number of nitrogens with zero attached hydrogens (tertiary/aromatic N) is 1. The number of benzene rings is 2. The van der Waals surface area contributed by atoms with E-state index >= 15 is 0 Å². The third kappa shape index (κ3) is 3.60. The Bertz CT molecular complexity index is 1050. The Morgan fingerprint density at radius 2 is 1.78 bits per heavy atom. The van der Waals surface area contributed by atoms with Crippen molar-refractivity contribution in [2.24, 2.45) is 0 Å². The smallest absolute Gasteiger partial charge is 0.251 e. The summed E-state index contributed by atoms with van der Waals surface area (Å²) in [6, 6.07) is 20.2. The van der Waals surface area contributed by atoms with Gasteiger partial charge in [-0.15, -0.1) is 0 Å². The van der Waals surface area contributed by atoms with E-state index in [0.29, 0.717) is 12.1 Å². The van der Waals surface area contributed by atoms with Gasteiger partial charge in [0, 0.05) is 47.5 Å². The second-order valence-electron chi connectivity index (χ2n) is 6.70. The number of fused-ring (bicyclic) bond motifs is 1. The van der Waals surface area contributed by atoms with Crippen LogP contribution >= 0.6 is 0 Å². The number of H-pyrrole nitrogens is 1. The number of pyridine rings is 1. The van der Waals surface area contributed by atoms with E-state index < -0.39 is 0 Å². The first-order valence-electron chi connectivity index (χ1n) is 9.03. The van der Waals surface area contributed by atoms with E-state index in [1.807, 2.05) is 18.3 Å². The van der Waals surface area contributed by atoms with Crippen LogP contribution in [0.5, 0.6) is 0 Å². The van der Waals surface area contributed by atoms with Gasteiger partial charge < -0.3 is 10.3 Å². The molecule has 0 saturated carbocycles. The van der Waals surface area contributed by atoms with E-state index in [1.54, 1.807) is 24.5 Å². The summed E-state index contributed by atoms with van der Waals surface area (Å²) in [5, 5.41) is 4.27. The molecule has 4 rings (SSSR count). The summed E-state index contributed by atoms with van der Waals surface area (Å²) >= 11 is 0. The molecule has 0 aliphatic carbocycles. The first-order valence-corrected chi connectivity index (χ1v) is 9.03. The van der Waals surface area contributed by atoms with Gasteiger partial charge in [0.25, 0.3) is 5.91 Å². The molecule has 0 fully saturated rings. The molecular weight excluding hydrogens is 334 g/mol. The van der Waals surface area contributed by atoms with Gasteiger partial charge in [0.1, 0.15) is 0 Å². The summed E-state index contributed by atoms with van der Waals surface area (Å²) in [6.45, 7) is 2.60. The molecule has 2 aromatic carbocycles. The number of carbonyl (C=O) groups is 1. The molecule has 0 saturated heterocycles. The monoisotopic (exact) mass is 355 g/mol. The molecule has 2 N–H and O–H groups in total. The molecule has 27 heavy (non-hydrogen) atoms. The highest BCUT2D eigenvalue weighted by Crippen LogP contribution is 2.30. The maximum absolute atomic E-state index is 12.5. The third-order valence-electron chi connectivity index (χ3n) is 4.89. The van der Waals surface area contributed by atoms with E-state index in [2.05, 4.69) is 58.6 Å². The zero-order valence-corrected chi connectivity index (χ0v) is 15.1. The Morgan fingerprint density at radius 1 is 1.04 bits per heavy atom. The first-order chi connectivity index (χ1) is 13.2. The zero-order valence-electron chi connectivity index (χ0n) is 15.1. The van der Waals surface area contributed by atoms with Gasteiger partial charge in [0.05, 0.1) is 0 Å². The molecule has 134 valence electrons. The minimum atomic E-state index is -0.0886. The lowest BCUT2D eigenvalue weighted by Gasteiger charge is -2.18. The van der Waals surface area contributed by atoms with Crippen molar-refractivity contribution in [2.75, 3.05) is 6.54 Å². The van der Waals surface area contributed by atoms with E-state index in [1.165, 1.54) is 22.1 Å². The van der Waals surface area contributed by atoms with Gasteiger partial charge in [-0.3, -0.25) is 9.78 Å². The van der Waals surface area contributed by atoms with Crippen LogP contribution in [0.1, 0.15) is 33.0 Å². The van der Waals surface area contributed by atoms with Crippen molar-refractivity contribution in [3.8, 4) is 0 Å². The number of nitrogens with one attached hydrogen (secondary N) is 2. The fourth-order valence-electron chi connectivity index (χ4n) is 3.39. The van der Waals surface area contributed by atoms with Crippen LogP contribution in [-0.2, 0) is 0 Å². The average Bonchev–Trinajstić information content (AvgIpc) is 3.14.